The lowest BCUT2D eigenvalue weighted by Crippen LogP contribution is -2.55. The summed E-state index contributed by atoms with van der Waals surface area (Å²) in [5.41, 5.74) is 2.90. The summed E-state index contributed by atoms with van der Waals surface area (Å²) in [5, 5.41) is 44.9. The largest absolute Gasteiger partial charge is 0.478 e. The molecule has 4 aliphatic rings. The minimum atomic E-state index is -0.981. The Morgan fingerprint density at radius 2 is 0.400 bits per heavy atom. The highest BCUT2D eigenvalue weighted by molar-refractivity contribution is 5.79. The molecule has 0 aromatic heterocycles. The molecule has 0 aliphatic carbocycles. The molecule has 4 rings (SSSR count). The van der Waals surface area contributed by atoms with Crippen LogP contribution in [0, 0.1) is 0 Å². The number of carbonyl (C=O) groups is 4. The van der Waals surface area contributed by atoms with Crippen LogP contribution in [0.15, 0.2) is 50.6 Å². The Kier molecular flexibility index (Phi) is 29.9. The Hall–Kier alpha value is -3.32. The fraction of sp³-hybridized carbons (Fsp3) is 0.750. The van der Waals surface area contributed by atoms with Crippen molar-refractivity contribution in [1.82, 2.24) is 21.3 Å². The monoisotopic (exact) mass is 853 g/mol. The Labute approximate surface area is 366 Å². The van der Waals surface area contributed by atoms with Gasteiger partial charge in [0, 0.05) is 68.6 Å². The number of piperidine rings is 4. The van der Waals surface area contributed by atoms with Gasteiger partial charge in [-0.2, -0.15) is 0 Å². The highest BCUT2D eigenvalue weighted by Gasteiger charge is 2.34. The van der Waals surface area contributed by atoms with Crippen molar-refractivity contribution in [1.29, 1.82) is 0 Å². The minimum Gasteiger partial charge on any atom is -0.478 e. The van der Waals surface area contributed by atoms with Crippen LogP contribution in [0.5, 0.6) is 0 Å². The lowest BCUT2D eigenvalue weighted by molar-refractivity contribution is -0.132. The van der Waals surface area contributed by atoms with Gasteiger partial charge in [-0.05, 0) is 188 Å². The van der Waals surface area contributed by atoms with Crippen molar-refractivity contribution in [3.05, 3.63) is 50.6 Å². The number of carboxylic acid groups (broad SMARTS) is 4. The van der Waals surface area contributed by atoms with E-state index in [1.54, 1.807) is 0 Å². The number of hydrogen-bond donors (Lipinski definition) is 8. The smallest absolute Gasteiger partial charge is 0.327 e. The van der Waals surface area contributed by atoms with Gasteiger partial charge in [0.25, 0.3) is 0 Å². The third-order valence-electron chi connectivity index (χ3n) is 9.82. The second-order valence-corrected chi connectivity index (χ2v) is 21.2. The van der Waals surface area contributed by atoms with Gasteiger partial charge in [0.1, 0.15) is 0 Å². The van der Waals surface area contributed by atoms with Crippen molar-refractivity contribution in [2.75, 3.05) is 0 Å². The van der Waals surface area contributed by atoms with Crippen LogP contribution in [-0.4, -0.2) is 88.6 Å². The van der Waals surface area contributed by atoms with E-state index in [1.807, 2.05) is 0 Å². The number of carboxylic acids is 4. The van der Waals surface area contributed by atoms with Gasteiger partial charge in [0.15, 0.2) is 0 Å². The molecule has 8 N–H and O–H groups in total. The molecule has 4 saturated heterocycles. The first-order valence-corrected chi connectivity index (χ1v) is 21.3. The lowest BCUT2D eigenvalue weighted by Gasteiger charge is -2.42. The van der Waals surface area contributed by atoms with E-state index in [2.05, 4.69) is 158 Å². The maximum Gasteiger partial charge on any atom is 0.327 e. The van der Waals surface area contributed by atoms with Gasteiger partial charge in [0.2, 0.25) is 0 Å². The van der Waals surface area contributed by atoms with Crippen molar-refractivity contribution in [2.24, 2.45) is 0 Å². The zero-order valence-corrected chi connectivity index (χ0v) is 41.0. The minimum absolute atomic E-state index is 0.363. The number of nitrogens with one attached hydrogen (secondary N) is 4. The maximum atomic E-state index is 9.25. The van der Waals surface area contributed by atoms with Crippen molar-refractivity contribution in [3.8, 4) is 0 Å². The Balaban J connectivity index is -0.000000305. The predicted molar refractivity (Wildman–Crippen MR) is 252 cm³/mol. The summed E-state index contributed by atoms with van der Waals surface area (Å²) in [6, 6.07) is 0. The van der Waals surface area contributed by atoms with Gasteiger partial charge in [0.05, 0.1) is 0 Å². The fourth-order valence-corrected chi connectivity index (χ4v) is 8.05. The maximum absolute atomic E-state index is 9.25. The van der Waals surface area contributed by atoms with Gasteiger partial charge < -0.3 is 41.7 Å². The van der Waals surface area contributed by atoms with E-state index >= 15 is 0 Å². The normalized spacial score (nSPS) is 22.1. The third-order valence-corrected chi connectivity index (χ3v) is 9.82. The average Bonchev–Trinajstić information content (AvgIpc) is 3.02. The van der Waals surface area contributed by atoms with Gasteiger partial charge in [-0.1, -0.05) is 26.3 Å². The molecule has 12 nitrogen and oxygen atoms in total. The van der Waals surface area contributed by atoms with Crippen molar-refractivity contribution >= 4 is 23.9 Å². The first kappa shape index (κ1) is 63.3. The molecule has 0 aromatic rings. The van der Waals surface area contributed by atoms with Gasteiger partial charge in [-0.25, -0.2) is 19.2 Å². The lowest BCUT2D eigenvalue weighted by atomic mass is 9.83. The molecule has 0 amide bonds. The zero-order valence-electron chi connectivity index (χ0n) is 41.0. The highest BCUT2D eigenvalue weighted by atomic mass is 16.4. The first-order valence-electron chi connectivity index (χ1n) is 21.3. The summed E-state index contributed by atoms with van der Waals surface area (Å²) >= 11 is 0. The van der Waals surface area contributed by atoms with Crippen molar-refractivity contribution in [3.63, 3.8) is 0 Å². The van der Waals surface area contributed by atoms with Crippen LogP contribution >= 0.6 is 0 Å². The summed E-state index contributed by atoms with van der Waals surface area (Å²) in [6.07, 6.45) is 19.3. The standard InChI is InChI=1S/4C9H19N.4C3H4O2/c4*1-8(2)6-5-7-9(3,4)10-8;4*1-2-3(4)5/h4*10H,5-7H2,1-4H3;4*2H,1H2,(H,4,5). The zero-order chi connectivity index (χ0) is 48.5. The summed E-state index contributed by atoms with van der Waals surface area (Å²) < 4.78 is 0. The van der Waals surface area contributed by atoms with Crippen LogP contribution in [0.1, 0.15) is 188 Å². The fourth-order valence-electron chi connectivity index (χ4n) is 8.05. The van der Waals surface area contributed by atoms with Gasteiger partial charge in [-0.3, -0.25) is 0 Å². The molecule has 0 atom stereocenters. The quantitative estimate of drug-likeness (QED) is 0.125. The summed E-state index contributed by atoms with van der Waals surface area (Å²) in [5.74, 6) is -3.93. The van der Waals surface area contributed by atoms with E-state index in [4.69, 9.17) is 20.4 Å². The molecular weight excluding hydrogens is 761 g/mol. The molecule has 12 heteroatoms. The van der Waals surface area contributed by atoms with Crippen molar-refractivity contribution < 1.29 is 39.6 Å². The van der Waals surface area contributed by atoms with Crippen LogP contribution in [0.25, 0.3) is 0 Å². The third kappa shape index (κ3) is 42.8. The van der Waals surface area contributed by atoms with Gasteiger partial charge >= 0.3 is 23.9 Å². The molecule has 0 unspecified atom stereocenters. The van der Waals surface area contributed by atoms with E-state index in [0.717, 1.165) is 24.3 Å². The molecule has 0 aromatic carbocycles. The van der Waals surface area contributed by atoms with E-state index in [9.17, 15) is 19.2 Å². The van der Waals surface area contributed by atoms with E-state index in [0.29, 0.717) is 44.3 Å². The van der Waals surface area contributed by atoms with Crippen LogP contribution in [0.3, 0.4) is 0 Å². The Bertz CT molecular complexity index is 1070. The van der Waals surface area contributed by atoms with Crippen LogP contribution < -0.4 is 21.3 Å². The average molecular weight is 853 g/mol. The SMILES string of the molecule is C=CC(=O)O.C=CC(=O)O.C=CC(=O)O.C=CC(=O)O.CC1(C)CCCC(C)(C)N1.CC1(C)CCCC(C)(C)N1.CC1(C)CCCC(C)(C)N1.CC1(C)CCCC(C)(C)N1. The number of hydrogen-bond acceptors (Lipinski definition) is 8. The molecule has 4 fully saturated rings. The van der Waals surface area contributed by atoms with Crippen LogP contribution in [-0.2, 0) is 19.2 Å². The summed E-state index contributed by atoms with van der Waals surface area (Å²) in [6.45, 7) is 48.4. The Morgan fingerprint density at radius 3 is 0.433 bits per heavy atom. The molecule has 4 aliphatic heterocycles. The van der Waals surface area contributed by atoms with Gasteiger partial charge in [-0.15, -0.1) is 0 Å². The van der Waals surface area contributed by atoms with E-state index in [1.165, 1.54) is 77.0 Å². The molecule has 0 saturated carbocycles. The second-order valence-electron chi connectivity index (χ2n) is 21.2. The first-order chi connectivity index (χ1) is 26.7. The molecular formula is C48H92N4O8. The topological polar surface area (TPSA) is 197 Å². The molecule has 352 valence electrons. The predicted octanol–water partition coefficient (Wildman–Crippen LogP) is 10.3. The van der Waals surface area contributed by atoms with E-state index in [-0.39, 0.29) is 0 Å². The number of aliphatic carboxylic acids is 4. The van der Waals surface area contributed by atoms with Crippen molar-refractivity contribution in [2.45, 2.75) is 232 Å². The second kappa shape index (κ2) is 28.3. The molecule has 0 radical (unpaired) electrons. The Morgan fingerprint density at radius 1 is 0.317 bits per heavy atom. The molecule has 0 bridgehead atoms. The summed E-state index contributed by atoms with van der Waals surface area (Å²) in [4.78, 5) is 37.0. The molecule has 0 spiro atoms. The summed E-state index contributed by atoms with van der Waals surface area (Å²) in [7, 11) is 0. The highest BCUT2D eigenvalue weighted by Crippen LogP contribution is 2.30. The molecule has 4 heterocycles. The van der Waals surface area contributed by atoms with Crippen LogP contribution in [0.2, 0.25) is 0 Å². The van der Waals surface area contributed by atoms with Crippen LogP contribution in [0.4, 0.5) is 0 Å². The molecule has 60 heavy (non-hydrogen) atoms. The van der Waals surface area contributed by atoms with E-state index < -0.39 is 23.9 Å². The number of rotatable bonds is 4.